The predicted molar refractivity (Wildman–Crippen MR) is 78.6 cm³/mol. The van der Waals surface area contributed by atoms with Crippen LogP contribution < -0.4 is 5.43 Å². The fourth-order valence-electron chi connectivity index (χ4n) is 2.25. The summed E-state index contributed by atoms with van der Waals surface area (Å²) >= 11 is 0. The fourth-order valence-corrected chi connectivity index (χ4v) is 2.25. The Morgan fingerprint density at radius 3 is 2.47 bits per heavy atom. The van der Waals surface area contributed by atoms with Crippen LogP contribution in [0.4, 0.5) is 0 Å². The van der Waals surface area contributed by atoms with Gasteiger partial charge in [-0.3, -0.25) is 9.69 Å². The first-order chi connectivity index (χ1) is 9.06. The Morgan fingerprint density at radius 2 is 1.84 bits per heavy atom. The number of benzene rings is 1. The first-order valence-corrected chi connectivity index (χ1v) is 6.82. The van der Waals surface area contributed by atoms with E-state index in [0.717, 1.165) is 25.2 Å². The average molecular weight is 259 g/mol. The Labute approximate surface area is 113 Å². The Balaban J connectivity index is 2.48. The lowest BCUT2D eigenvalue weighted by molar-refractivity contribution is 0.296. The lowest BCUT2D eigenvalue weighted by Gasteiger charge is -2.18. The van der Waals surface area contributed by atoms with E-state index in [1.807, 2.05) is 32.0 Å². The van der Waals surface area contributed by atoms with Gasteiger partial charge in [0.25, 0.3) is 0 Å². The normalized spacial score (nSPS) is 11.4. The highest BCUT2D eigenvalue weighted by Crippen LogP contribution is 2.17. The third-order valence-electron chi connectivity index (χ3n) is 3.72. The van der Waals surface area contributed by atoms with Crippen LogP contribution in [0.25, 0.3) is 11.0 Å². The first kappa shape index (κ1) is 13.8. The standard InChI is InChI=1S/C16H21NO2/c1-5-17(6-2)10-13-7-8-15-14(9-13)16(18)11(3)12(4)19-15/h7-9H,5-6,10H2,1-4H3. The minimum Gasteiger partial charge on any atom is -0.461 e. The molecule has 0 spiro atoms. The summed E-state index contributed by atoms with van der Waals surface area (Å²) in [5.41, 5.74) is 2.62. The summed E-state index contributed by atoms with van der Waals surface area (Å²) in [6, 6.07) is 5.91. The van der Waals surface area contributed by atoms with Gasteiger partial charge in [0.15, 0.2) is 5.43 Å². The van der Waals surface area contributed by atoms with Gasteiger partial charge in [0.1, 0.15) is 11.3 Å². The van der Waals surface area contributed by atoms with E-state index in [1.54, 1.807) is 0 Å². The van der Waals surface area contributed by atoms with Gasteiger partial charge in [-0.15, -0.1) is 0 Å². The summed E-state index contributed by atoms with van der Waals surface area (Å²) in [7, 11) is 0. The molecule has 0 amide bonds. The lowest BCUT2D eigenvalue weighted by Crippen LogP contribution is -2.22. The molecule has 0 fully saturated rings. The van der Waals surface area contributed by atoms with Crippen molar-refractivity contribution in [2.45, 2.75) is 34.2 Å². The van der Waals surface area contributed by atoms with Crippen LogP contribution in [-0.2, 0) is 6.54 Å². The van der Waals surface area contributed by atoms with Crippen molar-refractivity contribution in [3.8, 4) is 0 Å². The minimum absolute atomic E-state index is 0.0835. The van der Waals surface area contributed by atoms with Crippen LogP contribution in [0, 0.1) is 13.8 Å². The van der Waals surface area contributed by atoms with Crippen LogP contribution in [-0.4, -0.2) is 18.0 Å². The molecular weight excluding hydrogens is 238 g/mol. The molecule has 0 aliphatic heterocycles. The summed E-state index contributed by atoms with van der Waals surface area (Å²) in [6.07, 6.45) is 0. The zero-order valence-corrected chi connectivity index (χ0v) is 12.1. The molecule has 2 aromatic rings. The van der Waals surface area contributed by atoms with Crippen molar-refractivity contribution in [1.29, 1.82) is 0 Å². The first-order valence-electron chi connectivity index (χ1n) is 6.82. The molecule has 3 heteroatoms. The molecule has 0 saturated heterocycles. The Kier molecular flexibility index (Phi) is 4.05. The average Bonchev–Trinajstić information content (AvgIpc) is 2.43. The van der Waals surface area contributed by atoms with Crippen LogP contribution in [0.2, 0.25) is 0 Å². The summed E-state index contributed by atoms with van der Waals surface area (Å²) < 4.78 is 5.67. The summed E-state index contributed by atoms with van der Waals surface area (Å²) in [5.74, 6) is 0.703. The van der Waals surface area contributed by atoms with Gasteiger partial charge in [0.05, 0.1) is 5.39 Å². The van der Waals surface area contributed by atoms with E-state index in [4.69, 9.17) is 4.42 Å². The number of rotatable bonds is 4. The second kappa shape index (κ2) is 5.57. The van der Waals surface area contributed by atoms with Gasteiger partial charge >= 0.3 is 0 Å². The van der Waals surface area contributed by atoms with E-state index in [9.17, 15) is 4.79 Å². The van der Waals surface area contributed by atoms with Crippen molar-refractivity contribution in [3.05, 3.63) is 45.3 Å². The lowest BCUT2D eigenvalue weighted by atomic mass is 10.1. The molecule has 2 rings (SSSR count). The van der Waals surface area contributed by atoms with E-state index in [2.05, 4.69) is 18.7 Å². The largest absolute Gasteiger partial charge is 0.461 e. The van der Waals surface area contributed by atoms with Gasteiger partial charge < -0.3 is 4.42 Å². The molecule has 0 aliphatic carbocycles. The smallest absolute Gasteiger partial charge is 0.195 e. The van der Waals surface area contributed by atoms with E-state index in [0.29, 0.717) is 22.3 Å². The van der Waals surface area contributed by atoms with E-state index in [1.165, 1.54) is 0 Å². The summed E-state index contributed by atoms with van der Waals surface area (Å²) in [5, 5.41) is 0.688. The molecule has 0 unspecified atom stereocenters. The van der Waals surface area contributed by atoms with E-state index < -0.39 is 0 Å². The number of nitrogens with zero attached hydrogens (tertiary/aromatic N) is 1. The fraction of sp³-hybridized carbons (Fsp3) is 0.438. The van der Waals surface area contributed by atoms with Crippen molar-refractivity contribution in [1.82, 2.24) is 4.90 Å². The molecule has 3 nitrogen and oxygen atoms in total. The highest BCUT2D eigenvalue weighted by molar-refractivity contribution is 5.78. The molecule has 0 saturated carbocycles. The van der Waals surface area contributed by atoms with Crippen LogP contribution in [0.15, 0.2) is 27.4 Å². The molecule has 102 valence electrons. The quantitative estimate of drug-likeness (QED) is 0.845. The Morgan fingerprint density at radius 1 is 1.16 bits per heavy atom. The number of aryl methyl sites for hydroxylation is 1. The number of hydrogen-bond acceptors (Lipinski definition) is 3. The van der Waals surface area contributed by atoms with Crippen LogP contribution >= 0.6 is 0 Å². The van der Waals surface area contributed by atoms with Gasteiger partial charge in [0, 0.05) is 12.1 Å². The summed E-state index contributed by atoms with van der Waals surface area (Å²) in [4.78, 5) is 14.6. The predicted octanol–water partition coefficient (Wildman–Crippen LogP) is 3.25. The second-order valence-electron chi connectivity index (χ2n) is 4.90. The van der Waals surface area contributed by atoms with E-state index in [-0.39, 0.29) is 5.43 Å². The van der Waals surface area contributed by atoms with Gasteiger partial charge in [-0.2, -0.15) is 0 Å². The SMILES string of the molecule is CCN(CC)Cc1ccc2oc(C)c(C)c(=O)c2c1. The van der Waals surface area contributed by atoms with E-state index >= 15 is 0 Å². The van der Waals surface area contributed by atoms with Gasteiger partial charge in [-0.25, -0.2) is 0 Å². The maximum absolute atomic E-state index is 12.3. The minimum atomic E-state index is 0.0835. The molecule has 0 bridgehead atoms. The highest BCUT2D eigenvalue weighted by Gasteiger charge is 2.09. The molecule has 0 radical (unpaired) electrons. The second-order valence-corrected chi connectivity index (χ2v) is 4.90. The molecule has 1 heterocycles. The number of fused-ring (bicyclic) bond motifs is 1. The topological polar surface area (TPSA) is 33.5 Å². The Hall–Kier alpha value is -1.61. The Bertz CT molecular complexity index is 639. The van der Waals surface area contributed by atoms with Crippen molar-refractivity contribution in [2.75, 3.05) is 13.1 Å². The van der Waals surface area contributed by atoms with Crippen molar-refractivity contribution in [2.24, 2.45) is 0 Å². The van der Waals surface area contributed by atoms with Crippen LogP contribution in [0.3, 0.4) is 0 Å². The maximum Gasteiger partial charge on any atom is 0.195 e. The zero-order chi connectivity index (χ0) is 14.0. The maximum atomic E-state index is 12.3. The monoisotopic (exact) mass is 259 g/mol. The zero-order valence-electron chi connectivity index (χ0n) is 12.1. The van der Waals surface area contributed by atoms with Gasteiger partial charge in [-0.1, -0.05) is 19.9 Å². The summed E-state index contributed by atoms with van der Waals surface area (Å²) in [6.45, 7) is 10.8. The molecule has 1 aromatic carbocycles. The van der Waals surface area contributed by atoms with Crippen LogP contribution in [0.5, 0.6) is 0 Å². The molecule has 0 atom stereocenters. The highest BCUT2D eigenvalue weighted by atomic mass is 16.3. The van der Waals surface area contributed by atoms with Crippen molar-refractivity contribution >= 4 is 11.0 Å². The number of hydrogen-bond donors (Lipinski definition) is 0. The van der Waals surface area contributed by atoms with Crippen molar-refractivity contribution < 1.29 is 4.42 Å². The molecule has 1 aromatic heterocycles. The molecule has 0 aliphatic rings. The van der Waals surface area contributed by atoms with Crippen molar-refractivity contribution in [3.63, 3.8) is 0 Å². The molecule has 19 heavy (non-hydrogen) atoms. The third-order valence-corrected chi connectivity index (χ3v) is 3.72. The third kappa shape index (κ3) is 2.71. The van der Waals surface area contributed by atoms with Gasteiger partial charge in [0.2, 0.25) is 0 Å². The molecular formula is C16H21NO2. The van der Waals surface area contributed by atoms with Gasteiger partial charge in [-0.05, 0) is 44.6 Å². The van der Waals surface area contributed by atoms with Crippen LogP contribution in [0.1, 0.15) is 30.7 Å². The molecule has 0 N–H and O–H groups in total.